The number of aryl methyl sites for hydroxylation is 2. The first kappa shape index (κ1) is 17.2. The van der Waals surface area contributed by atoms with Crippen LogP contribution in [0.2, 0.25) is 0 Å². The predicted molar refractivity (Wildman–Crippen MR) is 96.7 cm³/mol. The highest BCUT2D eigenvalue weighted by Crippen LogP contribution is 2.20. The third kappa shape index (κ3) is 3.58. The van der Waals surface area contributed by atoms with Gasteiger partial charge in [-0.1, -0.05) is 6.07 Å². The van der Waals surface area contributed by atoms with Crippen molar-refractivity contribution in [2.45, 2.75) is 20.4 Å². The van der Waals surface area contributed by atoms with Crippen LogP contribution in [0.1, 0.15) is 27.5 Å². The van der Waals surface area contributed by atoms with Gasteiger partial charge in [0.2, 0.25) is 0 Å². The van der Waals surface area contributed by atoms with Gasteiger partial charge >= 0.3 is 0 Å². The summed E-state index contributed by atoms with van der Waals surface area (Å²) in [6.07, 6.45) is 1.63. The van der Waals surface area contributed by atoms with E-state index in [1.54, 1.807) is 6.26 Å². The molecule has 6 heteroatoms. The summed E-state index contributed by atoms with van der Waals surface area (Å²) in [7, 11) is 4.00. The Bertz CT molecular complexity index is 865. The third-order valence-corrected chi connectivity index (χ3v) is 4.27. The molecule has 0 unspecified atom stereocenters. The molecule has 3 heterocycles. The van der Waals surface area contributed by atoms with Gasteiger partial charge < -0.3 is 14.2 Å². The van der Waals surface area contributed by atoms with E-state index in [1.165, 1.54) is 0 Å². The van der Waals surface area contributed by atoms with E-state index in [0.717, 1.165) is 29.2 Å². The fourth-order valence-electron chi connectivity index (χ4n) is 2.90. The standard InChI is InChI=1S/C19H24N4O2/c1-14-7-5-9-17-18(15(2)20-23(14)17)19(24)22(11-10-21(3)4)13-16-8-6-12-25-16/h5-9,12H,10-11,13H2,1-4H3. The number of likely N-dealkylation sites (N-methyl/N-ethyl adjacent to an activating group) is 1. The maximum Gasteiger partial charge on any atom is 0.258 e. The Morgan fingerprint density at radius 2 is 1.96 bits per heavy atom. The van der Waals surface area contributed by atoms with Crippen molar-refractivity contribution in [3.05, 3.63) is 59.3 Å². The molecule has 0 N–H and O–H groups in total. The summed E-state index contributed by atoms with van der Waals surface area (Å²) in [6, 6.07) is 9.62. The van der Waals surface area contributed by atoms with E-state index in [1.807, 2.05) is 67.7 Å². The van der Waals surface area contributed by atoms with E-state index in [9.17, 15) is 4.79 Å². The lowest BCUT2D eigenvalue weighted by molar-refractivity contribution is 0.0721. The minimum atomic E-state index is -0.0173. The number of rotatable bonds is 6. The average molecular weight is 340 g/mol. The van der Waals surface area contributed by atoms with Gasteiger partial charge in [-0.2, -0.15) is 5.10 Å². The van der Waals surface area contributed by atoms with E-state index in [0.29, 0.717) is 18.7 Å². The van der Waals surface area contributed by atoms with Crippen LogP contribution in [0.4, 0.5) is 0 Å². The molecule has 0 saturated heterocycles. The molecule has 0 saturated carbocycles. The second kappa shape index (κ2) is 7.11. The summed E-state index contributed by atoms with van der Waals surface area (Å²) in [5.41, 5.74) is 3.25. The van der Waals surface area contributed by atoms with Crippen molar-refractivity contribution in [1.29, 1.82) is 0 Å². The van der Waals surface area contributed by atoms with E-state index < -0.39 is 0 Å². The van der Waals surface area contributed by atoms with Gasteiger partial charge in [0.05, 0.1) is 29.6 Å². The number of aromatic nitrogens is 2. The fourth-order valence-corrected chi connectivity index (χ4v) is 2.90. The molecule has 0 aliphatic carbocycles. The van der Waals surface area contributed by atoms with Crippen molar-refractivity contribution in [2.24, 2.45) is 0 Å². The second-order valence-corrected chi connectivity index (χ2v) is 6.53. The summed E-state index contributed by atoms with van der Waals surface area (Å²) in [5, 5.41) is 4.54. The maximum absolute atomic E-state index is 13.3. The molecule has 0 atom stereocenters. The molecule has 132 valence electrons. The molecule has 0 radical (unpaired) electrons. The second-order valence-electron chi connectivity index (χ2n) is 6.53. The SMILES string of the molecule is Cc1nn2c(C)cccc2c1C(=O)N(CCN(C)C)Cc1ccco1. The van der Waals surface area contributed by atoms with Crippen LogP contribution in [0.3, 0.4) is 0 Å². The third-order valence-electron chi connectivity index (χ3n) is 4.27. The highest BCUT2D eigenvalue weighted by molar-refractivity contribution is 6.02. The minimum absolute atomic E-state index is 0.0173. The lowest BCUT2D eigenvalue weighted by Gasteiger charge is -2.23. The van der Waals surface area contributed by atoms with Gasteiger partial charge in [-0.25, -0.2) is 4.52 Å². The van der Waals surface area contributed by atoms with Gasteiger partial charge in [0, 0.05) is 18.8 Å². The van der Waals surface area contributed by atoms with Crippen LogP contribution < -0.4 is 0 Å². The normalized spacial score (nSPS) is 11.4. The Morgan fingerprint density at radius 3 is 2.64 bits per heavy atom. The molecule has 0 spiro atoms. The van der Waals surface area contributed by atoms with Crippen molar-refractivity contribution in [2.75, 3.05) is 27.2 Å². The van der Waals surface area contributed by atoms with E-state index in [4.69, 9.17) is 4.42 Å². The molecule has 3 aromatic heterocycles. The fraction of sp³-hybridized carbons (Fsp3) is 0.368. The molecule has 3 rings (SSSR count). The van der Waals surface area contributed by atoms with Crippen molar-refractivity contribution in [1.82, 2.24) is 19.4 Å². The molecule has 1 amide bonds. The van der Waals surface area contributed by atoms with Crippen LogP contribution >= 0.6 is 0 Å². The summed E-state index contributed by atoms with van der Waals surface area (Å²) in [5.74, 6) is 0.758. The Balaban J connectivity index is 1.96. The number of hydrogen-bond acceptors (Lipinski definition) is 4. The highest BCUT2D eigenvalue weighted by atomic mass is 16.3. The topological polar surface area (TPSA) is 54.0 Å². The van der Waals surface area contributed by atoms with E-state index in [-0.39, 0.29) is 5.91 Å². The summed E-state index contributed by atoms with van der Waals surface area (Å²) < 4.78 is 7.28. The zero-order chi connectivity index (χ0) is 18.0. The Labute approximate surface area is 147 Å². The van der Waals surface area contributed by atoms with Crippen LogP contribution in [0.15, 0.2) is 41.0 Å². The predicted octanol–water partition coefficient (Wildman–Crippen LogP) is 2.75. The van der Waals surface area contributed by atoms with Gasteiger partial charge in [-0.15, -0.1) is 0 Å². The van der Waals surface area contributed by atoms with Gasteiger partial charge in [-0.3, -0.25) is 4.79 Å². The maximum atomic E-state index is 13.3. The van der Waals surface area contributed by atoms with Crippen LogP contribution in [0.5, 0.6) is 0 Å². The number of amides is 1. The lowest BCUT2D eigenvalue weighted by atomic mass is 10.1. The number of hydrogen-bond donors (Lipinski definition) is 0. The average Bonchev–Trinajstić information content (AvgIpc) is 3.18. The molecule has 3 aromatic rings. The van der Waals surface area contributed by atoms with Crippen LogP contribution in [-0.2, 0) is 6.54 Å². The number of carbonyl (C=O) groups excluding carboxylic acids is 1. The largest absolute Gasteiger partial charge is 0.467 e. The summed E-state index contributed by atoms with van der Waals surface area (Å²) >= 11 is 0. The molecule has 0 aromatic carbocycles. The molecule has 0 fully saturated rings. The van der Waals surface area contributed by atoms with Crippen LogP contribution in [0.25, 0.3) is 5.52 Å². The molecule has 0 bridgehead atoms. The number of furan rings is 1. The number of carbonyl (C=O) groups is 1. The van der Waals surface area contributed by atoms with Crippen LogP contribution in [0, 0.1) is 13.8 Å². The quantitative estimate of drug-likeness (QED) is 0.692. The monoisotopic (exact) mass is 340 g/mol. The van der Waals surface area contributed by atoms with Gasteiger partial charge in [0.25, 0.3) is 5.91 Å². The van der Waals surface area contributed by atoms with Crippen molar-refractivity contribution < 1.29 is 9.21 Å². The molecule has 6 nitrogen and oxygen atoms in total. The van der Waals surface area contributed by atoms with Gasteiger partial charge in [-0.05, 0) is 52.2 Å². The van der Waals surface area contributed by atoms with Gasteiger partial charge in [0.1, 0.15) is 5.76 Å². The highest BCUT2D eigenvalue weighted by Gasteiger charge is 2.24. The number of fused-ring (bicyclic) bond motifs is 1. The molecule has 0 aliphatic rings. The first-order valence-electron chi connectivity index (χ1n) is 8.38. The summed E-state index contributed by atoms with van der Waals surface area (Å²) in [4.78, 5) is 17.2. The smallest absolute Gasteiger partial charge is 0.258 e. The van der Waals surface area contributed by atoms with Crippen molar-refractivity contribution in [3.63, 3.8) is 0 Å². The van der Waals surface area contributed by atoms with E-state index >= 15 is 0 Å². The summed E-state index contributed by atoms with van der Waals surface area (Å²) in [6.45, 7) is 5.72. The number of nitrogens with zero attached hydrogens (tertiary/aromatic N) is 4. The molecule has 0 aliphatic heterocycles. The zero-order valence-corrected chi connectivity index (χ0v) is 15.2. The Morgan fingerprint density at radius 1 is 1.16 bits per heavy atom. The molecular formula is C19H24N4O2. The molecule has 25 heavy (non-hydrogen) atoms. The first-order valence-corrected chi connectivity index (χ1v) is 8.38. The van der Waals surface area contributed by atoms with Crippen molar-refractivity contribution in [3.8, 4) is 0 Å². The zero-order valence-electron chi connectivity index (χ0n) is 15.2. The first-order chi connectivity index (χ1) is 12.0. The Kier molecular flexibility index (Phi) is 4.90. The van der Waals surface area contributed by atoms with Crippen LogP contribution in [-0.4, -0.2) is 52.5 Å². The van der Waals surface area contributed by atoms with Crippen molar-refractivity contribution >= 4 is 11.4 Å². The van der Waals surface area contributed by atoms with Gasteiger partial charge in [0.15, 0.2) is 0 Å². The van der Waals surface area contributed by atoms with E-state index in [2.05, 4.69) is 10.00 Å². The lowest BCUT2D eigenvalue weighted by Crippen LogP contribution is -2.36. The minimum Gasteiger partial charge on any atom is -0.467 e. The Hall–Kier alpha value is -2.60. The number of pyridine rings is 1. The molecular weight excluding hydrogens is 316 g/mol.